The first-order valence-corrected chi connectivity index (χ1v) is 10.3. The van der Waals surface area contributed by atoms with Gasteiger partial charge in [0.2, 0.25) is 0 Å². The standard InChI is InChI=1S/C23H20ClNO2S/c1-14-11-20-16(3)22(27-21(20)12-15(14)2)23(26)25(13-19-5-4-10-28-19)18-8-6-17(24)7-9-18/h4-12H,13H2,1-3H3. The van der Waals surface area contributed by atoms with E-state index in [1.54, 1.807) is 28.4 Å². The number of thiophene rings is 1. The highest BCUT2D eigenvalue weighted by Gasteiger charge is 2.25. The summed E-state index contributed by atoms with van der Waals surface area (Å²) in [5.41, 5.74) is 4.73. The van der Waals surface area contributed by atoms with Crippen molar-refractivity contribution in [1.82, 2.24) is 0 Å². The smallest absolute Gasteiger partial charge is 0.294 e. The molecule has 0 aliphatic rings. The van der Waals surface area contributed by atoms with Crippen molar-refractivity contribution in [2.24, 2.45) is 0 Å². The summed E-state index contributed by atoms with van der Waals surface area (Å²) in [6, 6.07) is 15.4. The van der Waals surface area contributed by atoms with Crippen LogP contribution in [0.4, 0.5) is 5.69 Å². The number of carbonyl (C=O) groups excluding carboxylic acids is 1. The summed E-state index contributed by atoms with van der Waals surface area (Å²) in [5.74, 6) is 0.228. The predicted octanol–water partition coefficient (Wildman–Crippen LogP) is 6.92. The van der Waals surface area contributed by atoms with Crippen LogP contribution in [0.3, 0.4) is 0 Å². The van der Waals surface area contributed by atoms with E-state index in [-0.39, 0.29) is 5.91 Å². The molecule has 0 fully saturated rings. The number of rotatable bonds is 4. The molecule has 0 radical (unpaired) electrons. The number of amides is 1. The van der Waals surface area contributed by atoms with Crippen LogP contribution in [-0.4, -0.2) is 5.91 Å². The van der Waals surface area contributed by atoms with Crippen molar-refractivity contribution in [3.8, 4) is 0 Å². The number of carbonyl (C=O) groups is 1. The molecular weight excluding hydrogens is 390 g/mol. The van der Waals surface area contributed by atoms with E-state index in [2.05, 4.69) is 13.0 Å². The molecule has 1 amide bonds. The number of nitrogens with zero attached hydrogens (tertiary/aromatic N) is 1. The Morgan fingerprint density at radius 2 is 1.79 bits per heavy atom. The zero-order chi connectivity index (χ0) is 19.8. The lowest BCUT2D eigenvalue weighted by atomic mass is 10.0. The zero-order valence-electron chi connectivity index (χ0n) is 16.0. The van der Waals surface area contributed by atoms with Crippen molar-refractivity contribution in [1.29, 1.82) is 0 Å². The quantitative estimate of drug-likeness (QED) is 0.366. The molecule has 3 nitrogen and oxygen atoms in total. The van der Waals surface area contributed by atoms with Crippen molar-refractivity contribution in [3.05, 3.63) is 86.3 Å². The third-order valence-corrected chi connectivity index (χ3v) is 6.14. The molecule has 0 bridgehead atoms. The summed E-state index contributed by atoms with van der Waals surface area (Å²) in [6.45, 7) is 6.54. The molecule has 0 aliphatic heterocycles. The summed E-state index contributed by atoms with van der Waals surface area (Å²) in [6.07, 6.45) is 0. The summed E-state index contributed by atoms with van der Waals surface area (Å²) in [4.78, 5) is 16.4. The minimum absolute atomic E-state index is 0.153. The summed E-state index contributed by atoms with van der Waals surface area (Å²) in [7, 11) is 0. The van der Waals surface area contributed by atoms with Gasteiger partial charge in [-0.25, -0.2) is 0 Å². The average molecular weight is 410 g/mol. The predicted molar refractivity (Wildman–Crippen MR) is 117 cm³/mol. The lowest BCUT2D eigenvalue weighted by Crippen LogP contribution is -2.30. The molecule has 142 valence electrons. The second-order valence-electron chi connectivity index (χ2n) is 6.94. The Morgan fingerprint density at radius 3 is 2.46 bits per heavy atom. The molecule has 5 heteroatoms. The van der Waals surface area contributed by atoms with Gasteiger partial charge < -0.3 is 9.32 Å². The van der Waals surface area contributed by atoms with E-state index < -0.39 is 0 Å². The third kappa shape index (κ3) is 3.46. The van der Waals surface area contributed by atoms with E-state index >= 15 is 0 Å². The number of hydrogen-bond donors (Lipinski definition) is 0. The Balaban J connectivity index is 1.79. The number of benzene rings is 2. The van der Waals surface area contributed by atoms with Crippen LogP contribution in [0, 0.1) is 20.8 Å². The molecule has 0 aliphatic carbocycles. The monoisotopic (exact) mass is 409 g/mol. The van der Waals surface area contributed by atoms with Gasteiger partial charge in [-0.1, -0.05) is 17.7 Å². The fraction of sp³-hybridized carbons (Fsp3) is 0.174. The minimum Gasteiger partial charge on any atom is -0.451 e. The lowest BCUT2D eigenvalue weighted by Gasteiger charge is -2.21. The summed E-state index contributed by atoms with van der Waals surface area (Å²) >= 11 is 7.67. The number of fused-ring (bicyclic) bond motifs is 1. The Hall–Kier alpha value is -2.56. The Labute approximate surface area is 173 Å². The normalized spacial score (nSPS) is 11.1. The van der Waals surface area contributed by atoms with Crippen molar-refractivity contribution in [2.45, 2.75) is 27.3 Å². The second kappa shape index (κ2) is 7.46. The number of furan rings is 1. The van der Waals surface area contributed by atoms with Crippen molar-refractivity contribution in [2.75, 3.05) is 4.90 Å². The molecule has 4 aromatic rings. The number of hydrogen-bond acceptors (Lipinski definition) is 3. The van der Waals surface area contributed by atoms with Crippen LogP contribution in [0.1, 0.15) is 32.1 Å². The highest BCUT2D eigenvalue weighted by molar-refractivity contribution is 7.09. The van der Waals surface area contributed by atoms with E-state index in [0.29, 0.717) is 17.3 Å². The number of anilines is 1. The van der Waals surface area contributed by atoms with E-state index in [1.807, 2.05) is 49.6 Å². The lowest BCUT2D eigenvalue weighted by molar-refractivity contribution is 0.0960. The third-order valence-electron chi connectivity index (χ3n) is 5.02. The van der Waals surface area contributed by atoms with Crippen LogP contribution in [0.5, 0.6) is 0 Å². The molecule has 0 N–H and O–H groups in total. The summed E-state index contributed by atoms with van der Waals surface area (Å²) < 4.78 is 6.03. The van der Waals surface area contributed by atoms with Gasteiger partial charge in [0.05, 0.1) is 6.54 Å². The molecule has 0 spiro atoms. The van der Waals surface area contributed by atoms with Crippen LogP contribution >= 0.6 is 22.9 Å². The van der Waals surface area contributed by atoms with Crippen molar-refractivity contribution >= 4 is 45.5 Å². The van der Waals surface area contributed by atoms with Gasteiger partial charge in [-0.3, -0.25) is 4.79 Å². The maximum Gasteiger partial charge on any atom is 0.294 e. The molecule has 0 atom stereocenters. The number of halogens is 1. The summed E-state index contributed by atoms with van der Waals surface area (Å²) in [5, 5.41) is 3.63. The van der Waals surface area contributed by atoms with E-state index in [4.69, 9.17) is 16.0 Å². The highest BCUT2D eigenvalue weighted by Crippen LogP contribution is 2.31. The first kappa shape index (κ1) is 18.8. The largest absolute Gasteiger partial charge is 0.451 e. The molecule has 2 aromatic heterocycles. The van der Waals surface area contributed by atoms with Gasteiger partial charge >= 0.3 is 0 Å². The first-order valence-electron chi connectivity index (χ1n) is 9.04. The average Bonchev–Trinajstić information content (AvgIpc) is 3.29. The van der Waals surface area contributed by atoms with Crippen molar-refractivity contribution in [3.63, 3.8) is 0 Å². The van der Waals surface area contributed by atoms with Gasteiger partial charge in [0, 0.05) is 26.5 Å². The maximum absolute atomic E-state index is 13.5. The van der Waals surface area contributed by atoms with E-state index in [0.717, 1.165) is 32.7 Å². The van der Waals surface area contributed by atoms with Gasteiger partial charge in [-0.15, -0.1) is 11.3 Å². The van der Waals surface area contributed by atoms with Gasteiger partial charge in [0.15, 0.2) is 5.76 Å². The first-order chi connectivity index (χ1) is 13.4. The molecule has 0 unspecified atom stereocenters. The van der Waals surface area contributed by atoms with Gasteiger partial charge in [0.1, 0.15) is 5.58 Å². The van der Waals surface area contributed by atoms with E-state index in [9.17, 15) is 4.79 Å². The molecule has 4 rings (SSSR count). The molecule has 2 heterocycles. The van der Waals surface area contributed by atoms with Crippen LogP contribution < -0.4 is 4.90 Å². The maximum atomic E-state index is 13.5. The SMILES string of the molecule is Cc1cc2oc(C(=O)N(Cc3cccs3)c3ccc(Cl)cc3)c(C)c2cc1C. The van der Waals surface area contributed by atoms with Crippen LogP contribution in [0.15, 0.2) is 58.3 Å². The molecule has 2 aromatic carbocycles. The Bertz CT molecular complexity index is 1140. The van der Waals surface area contributed by atoms with Crippen LogP contribution in [-0.2, 0) is 6.54 Å². The van der Waals surface area contributed by atoms with Crippen molar-refractivity contribution < 1.29 is 9.21 Å². The fourth-order valence-electron chi connectivity index (χ4n) is 3.26. The molecule has 28 heavy (non-hydrogen) atoms. The van der Waals surface area contributed by atoms with Gasteiger partial charge in [-0.2, -0.15) is 0 Å². The Kier molecular flexibility index (Phi) is 5.00. The van der Waals surface area contributed by atoms with Gasteiger partial charge in [0.25, 0.3) is 5.91 Å². The molecule has 0 saturated carbocycles. The fourth-order valence-corrected chi connectivity index (χ4v) is 4.08. The van der Waals surface area contributed by atoms with Crippen LogP contribution in [0.25, 0.3) is 11.0 Å². The second-order valence-corrected chi connectivity index (χ2v) is 8.40. The zero-order valence-corrected chi connectivity index (χ0v) is 17.5. The Morgan fingerprint density at radius 1 is 1.07 bits per heavy atom. The minimum atomic E-state index is -0.153. The highest BCUT2D eigenvalue weighted by atomic mass is 35.5. The van der Waals surface area contributed by atoms with E-state index in [1.165, 1.54) is 5.56 Å². The molecular formula is C23H20ClNO2S. The van der Waals surface area contributed by atoms with Crippen LogP contribution in [0.2, 0.25) is 5.02 Å². The number of aryl methyl sites for hydroxylation is 3. The van der Waals surface area contributed by atoms with Gasteiger partial charge in [-0.05, 0) is 79.7 Å². The topological polar surface area (TPSA) is 33.5 Å². The molecule has 0 saturated heterocycles.